The number of fused-ring (bicyclic) bond motifs is 1. The average Bonchev–Trinajstić information content (AvgIpc) is 2.54. The quantitative estimate of drug-likeness (QED) is 0.672. The van der Waals surface area contributed by atoms with Gasteiger partial charge in [-0.2, -0.15) is 5.10 Å². The van der Waals surface area contributed by atoms with Gasteiger partial charge in [-0.05, 0) is 6.92 Å². The minimum Gasteiger partial charge on any atom is -0.479 e. The van der Waals surface area contributed by atoms with Gasteiger partial charge in [0, 0.05) is 0 Å². The van der Waals surface area contributed by atoms with Crippen LogP contribution in [-0.4, -0.2) is 27.5 Å². The molecule has 2 aromatic rings. The standard InChI is InChI=1S/C7H8N4O/c1-4-6-5(3-8-10-6)7(12-2)11-9-4/h3H,1-2H3,(H,8,10). The van der Waals surface area contributed by atoms with Gasteiger partial charge in [-0.15, -0.1) is 10.2 Å². The number of aromatic amines is 1. The van der Waals surface area contributed by atoms with E-state index < -0.39 is 0 Å². The predicted molar refractivity (Wildman–Crippen MR) is 43.0 cm³/mol. The van der Waals surface area contributed by atoms with Crippen molar-refractivity contribution in [2.75, 3.05) is 7.11 Å². The van der Waals surface area contributed by atoms with Crippen molar-refractivity contribution in [2.24, 2.45) is 0 Å². The van der Waals surface area contributed by atoms with Crippen molar-refractivity contribution < 1.29 is 4.74 Å². The minimum absolute atomic E-state index is 0.504. The molecule has 62 valence electrons. The number of H-pyrrole nitrogens is 1. The number of hydrogen-bond donors (Lipinski definition) is 1. The van der Waals surface area contributed by atoms with Gasteiger partial charge in [0.2, 0.25) is 5.88 Å². The number of nitrogens with zero attached hydrogens (tertiary/aromatic N) is 3. The summed E-state index contributed by atoms with van der Waals surface area (Å²) in [4.78, 5) is 0. The number of aromatic nitrogens is 4. The molecule has 0 amide bonds. The Labute approximate surface area is 68.8 Å². The number of ether oxygens (including phenoxy) is 1. The van der Waals surface area contributed by atoms with Gasteiger partial charge in [0.05, 0.1) is 29.9 Å². The topological polar surface area (TPSA) is 63.7 Å². The Morgan fingerprint density at radius 2 is 2.25 bits per heavy atom. The van der Waals surface area contributed by atoms with E-state index in [0.29, 0.717) is 5.88 Å². The largest absolute Gasteiger partial charge is 0.479 e. The van der Waals surface area contributed by atoms with Crippen LogP contribution in [0.25, 0.3) is 10.9 Å². The second-order valence-corrected chi connectivity index (χ2v) is 2.45. The summed E-state index contributed by atoms with van der Waals surface area (Å²) >= 11 is 0. The van der Waals surface area contributed by atoms with Crippen LogP contribution in [0.1, 0.15) is 5.69 Å². The molecule has 0 aliphatic carbocycles. The molecule has 0 saturated heterocycles. The minimum atomic E-state index is 0.504. The Balaban J connectivity index is 2.82. The van der Waals surface area contributed by atoms with Crippen molar-refractivity contribution in [2.45, 2.75) is 6.92 Å². The van der Waals surface area contributed by atoms with Gasteiger partial charge in [-0.25, -0.2) is 0 Å². The summed E-state index contributed by atoms with van der Waals surface area (Å²) in [6, 6.07) is 0. The third kappa shape index (κ3) is 0.827. The first kappa shape index (κ1) is 7.02. The summed E-state index contributed by atoms with van der Waals surface area (Å²) in [6.07, 6.45) is 1.68. The highest BCUT2D eigenvalue weighted by Gasteiger charge is 2.07. The Hall–Kier alpha value is -1.65. The molecule has 0 fully saturated rings. The number of hydrogen-bond acceptors (Lipinski definition) is 4. The van der Waals surface area contributed by atoms with Gasteiger partial charge in [-0.1, -0.05) is 0 Å². The molecular weight excluding hydrogens is 156 g/mol. The lowest BCUT2D eigenvalue weighted by Crippen LogP contribution is -1.93. The summed E-state index contributed by atoms with van der Waals surface area (Å²) in [6.45, 7) is 1.87. The maximum absolute atomic E-state index is 5.01. The molecule has 0 spiro atoms. The van der Waals surface area contributed by atoms with Crippen molar-refractivity contribution in [1.82, 2.24) is 20.4 Å². The Morgan fingerprint density at radius 1 is 1.42 bits per heavy atom. The van der Waals surface area contributed by atoms with Crippen molar-refractivity contribution in [3.63, 3.8) is 0 Å². The highest BCUT2D eigenvalue weighted by molar-refractivity contribution is 5.84. The third-order valence-electron chi connectivity index (χ3n) is 1.72. The number of rotatable bonds is 1. The summed E-state index contributed by atoms with van der Waals surface area (Å²) in [7, 11) is 1.56. The molecular formula is C7H8N4O. The highest BCUT2D eigenvalue weighted by atomic mass is 16.5. The van der Waals surface area contributed by atoms with Crippen LogP contribution in [0.2, 0.25) is 0 Å². The van der Waals surface area contributed by atoms with E-state index in [9.17, 15) is 0 Å². The van der Waals surface area contributed by atoms with E-state index in [1.807, 2.05) is 6.92 Å². The molecule has 12 heavy (non-hydrogen) atoms. The molecule has 0 radical (unpaired) electrons. The van der Waals surface area contributed by atoms with Crippen molar-refractivity contribution in [3.8, 4) is 5.88 Å². The molecule has 2 rings (SSSR count). The van der Waals surface area contributed by atoms with E-state index in [4.69, 9.17) is 4.74 Å². The van der Waals surface area contributed by atoms with E-state index in [-0.39, 0.29) is 0 Å². The van der Waals surface area contributed by atoms with Crippen molar-refractivity contribution >= 4 is 10.9 Å². The molecule has 0 aliphatic rings. The van der Waals surface area contributed by atoms with Crippen LogP contribution in [0.4, 0.5) is 0 Å². The fourth-order valence-corrected chi connectivity index (χ4v) is 1.10. The fourth-order valence-electron chi connectivity index (χ4n) is 1.10. The third-order valence-corrected chi connectivity index (χ3v) is 1.72. The smallest absolute Gasteiger partial charge is 0.244 e. The lowest BCUT2D eigenvalue weighted by molar-refractivity contribution is 0.397. The molecule has 0 unspecified atom stereocenters. The Bertz CT molecular complexity index is 409. The van der Waals surface area contributed by atoms with Crippen LogP contribution in [-0.2, 0) is 0 Å². The highest BCUT2D eigenvalue weighted by Crippen LogP contribution is 2.20. The van der Waals surface area contributed by atoms with Crippen LogP contribution >= 0.6 is 0 Å². The number of nitrogens with one attached hydrogen (secondary N) is 1. The maximum atomic E-state index is 5.01. The van der Waals surface area contributed by atoms with Gasteiger partial charge in [0.15, 0.2) is 0 Å². The molecule has 1 N–H and O–H groups in total. The normalized spacial score (nSPS) is 10.5. The van der Waals surface area contributed by atoms with Gasteiger partial charge in [-0.3, -0.25) is 5.10 Å². The van der Waals surface area contributed by atoms with Gasteiger partial charge >= 0.3 is 0 Å². The number of aryl methyl sites for hydroxylation is 1. The number of methoxy groups -OCH3 is 1. The zero-order valence-electron chi connectivity index (χ0n) is 6.83. The molecule has 0 saturated carbocycles. The Morgan fingerprint density at radius 3 is 3.00 bits per heavy atom. The van der Waals surface area contributed by atoms with Crippen molar-refractivity contribution in [1.29, 1.82) is 0 Å². The molecule has 0 atom stereocenters. The first-order valence-corrected chi connectivity index (χ1v) is 3.53. The second kappa shape index (κ2) is 2.44. The van der Waals surface area contributed by atoms with Crippen LogP contribution in [0.3, 0.4) is 0 Å². The molecule has 0 bridgehead atoms. The zero-order chi connectivity index (χ0) is 8.55. The average molecular weight is 164 g/mol. The lowest BCUT2D eigenvalue weighted by Gasteiger charge is -1.98. The maximum Gasteiger partial charge on any atom is 0.244 e. The summed E-state index contributed by atoms with van der Waals surface area (Å²) in [5.41, 5.74) is 1.70. The molecule has 2 aromatic heterocycles. The lowest BCUT2D eigenvalue weighted by atomic mass is 10.3. The van der Waals surface area contributed by atoms with E-state index in [1.165, 1.54) is 0 Å². The zero-order valence-corrected chi connectivity index (χ0v) is 6.83. The summed E-state index contributed by atoms with van der Waals surface area (Å²) in [5, 5.41) is 15.4. The monoisotopic (exact) mass is 164 g/mol. The fraction of sp³-hybridized carbons (Fsp3) is 0.286. The van der Waals surface area contributed by atoms with Gasteiger partial charge in [0.1, 0.15) is 0 Å². The van der Waals surface area contributed by atoms with Crippen LogP contribution < -0.4 is 4.74 Å². The van der Waals surface area contributed by atoms with Gasteiger partial charge < -0.3 is 4.74 Å². The van der Waals surface area contributed by atoms with E-state index in [0.717, 1.165) is 16.6 Å². The van der Waals surface area contributed by atoms with Crippen LogP contribution in [0.5, 0.6) is 5.88 Å². The Kier molecular flexibility index (Phi) is 1.43. The summed E-state index contributed by atoms with van der Waals surface area (Å²) in [5.74, 6) is 0.504. The van der Waals surface area contributed by atoms with E-state index in [2.05, 4.69) is 20.4 Å². The summed E-state index contributed by atoms with van der Waals surface area (Å²) < 4.78 is 5.01. The predicted octanol–water partition coefficient (Wildman–Crippen LogP) is 0.670. The molecule has 5 nitrogen and oxygen atoms in total. The molecule has 2 heterocycles. The van der Waals surface area contributed by atoms with Crippen LogP contribution in [0.15, 0.2) is 6.20 Å². The van der Waals surface area contributed by atoms with E-state index in [1.54, 1.807) is 13.3 Å². The van der Waals surface area contributed by atoms with E-state index >= 15 is 0 Å². The first-order valence-electron chi connectivity index (χ1n) is 3.53. The molecule has 0 aromatic carbocycles. The SMILES string of the molecule is COc1nnc(C)c2[nH]ncc12. The second-order valence-electron chi connectivity index (χ2n) is 2.45. The van der Waals surface area contributed by atoms with Crippen molar-refractivity contribution in [3.05, 3.63) is 11.9 Å². The van der Waals surface area contributed by atoms with Gasteiger partial charge in [0.25, 0.3) is 0 Å². The molecule has 5 heteroatoms. The first-order chi connectivity index (χ1) is 5.83. The van der Waals surface area contributed by atoms with Crippen LogP contribution in [0, 0.1) is 6.92 Å². The molecule has 0 aliphatic heterocycles.